The Kier molecular flexibility index (Phi) is 4.52. The summed E-state index contributed by atoms with van der Waals surface area (Å²) in [6.07, 6.45) is 4.01. The van der Waals surface area contributed by atoms with E-state index in [2.05, 4.69) is 11.4 Å². The van der Waals surface area contributed by atoms with E-state index in [9.17, 15) is 14.6 Å². The van der Waals surface area contributed by atoms with Crippen LogP contribution in [-0.2, 0) is 12.8 Å². The van der Waals surface area contributed by atoms with Crippen molar-refractivity contribution in [3.63, 3.8) is 0 Å². The van der Waals surface area contributed by atoms with Gasteiger partial charge in [-0.05, 0) is 54.5 Å². The van der Waals surface area contributed by atoms with Gasteiger partial charge < -0.3 is 15.5 Å². The number of aliphatic hydroxyl groups excluding tert-OH is 1. The number of fused-ring (bicyclic) bond motifs is 2. The van der Waals surface area contributed by atoms with Crippen LogP contribution in [0.15, 0.2) is 36.4 Å². The number of aryl methyl sites for hydroxylation is 1. The van der Waals surface area contributed by atoms with E-state index in [1.54, 1.807) is 12.1 Å². The molecule has 3 nitrogen and oxygen atoms in total. The molecular weight excluding hydrogens is 409 g/mol. The highest BCUT2D eigenvalue weighted by Gasteiger charge is 2.30. The molecule has 2 heterocycles. The topological polar surface area (TPSA) is 52.5 Å². The van der Waals surface area contributed by atoms with Gasteiger partial charge in [0.2, 0.25) is 0 Å². The number of hydrogen-bond donors (Lipinski definition) is 3. The van der Waals surface area contributed by atoms with Gasteiger partial charge in [0.05, 0.1) is 5.56 Å². The summed E-state index contributed by atoms with van der Waals surface area (Å²) in [6, 6.07) is 10.0. The first-order valence-electron chi connectivity index (χ1n) is 9.63. The van der Waals surface area contributed by atoms with Gasteiger partial charge in [-0.25, -0.2) is 4.39 Å². The summed E-state index contributed by atoms with van der Waals surface area (Å²) in [5.41, 5.74) is 5.45. The number of thiophene rings is 1. The molecule has 2 aliphatic rings. The molecule has 3 N–H and O–H groups in total. The van der Waals surface area contributed by atoms with Crippen molar-refractivity contribution in [1.82, 2.24) is 0 Å². The van der Waals surface area contributed by atoms with Crippen molar-refractivity contribution in [1.29, 1.82) is 0 Å². The Balaban J connectivity index is 1.69. The zero-order valence-corrected chi connectivity index (χ0v) is 17.1. The highest BCUT2D eigenvalue weighted by Crippen LogP contribution is 2.52. The third kappa shape index (κ3) is 3.00. The quantitative estimate of drug-likeness (QED) is 0.429. The van der Waals surface area contributed by atoms with Gasteiger partial charge in [-0.3, -0.25) is 0 Å². The summed E-state index contributed by atoms with van der Waals surface area (Å²) >= 11 is 7.94. The summed E-state index contributed by atoms with van der Waals surface area (Å²) in [7, 11) is 0. The van der Waals surface area contributed by atoms with E-state index >= 15 is 0 Å². The molecule has 0 saturated carbocycles. The summed E-state index contributed by atoms with van der Waals surface area (Å²) in [6.45, 7) is 0.414. The molecule has 0 radical (unpaired) electrons. The van der Waals surface area contributed by atoms with Crippen LogP contribution < -0.4 is 5.32 Å². The van der Waals surface area contributed by atoms with Crippen LogP contribution in [0.3, 0.4) is 0 Å². The Morgan fingerprint density at radius 1 is 0.966 bits per heavy atom. The van der Waals surface area contributed by atoms with Crippen LogP contribution >= 0.6 is 22.9 Å². The van der Waals surface area contributed by atoms with E-state index in [-0.39, 0.29) is 17.3 Å². The maximum Gasteiger partial charge on any atom is 0.132 e. The Morgan fingerprint density at radius 2 is 1.72 bits per heavy atom. The second kappa shape index (κ2) is 7.08. The van der Waals surface area contributed by atoms with E-state index in [1.165, 1.54) is 29.0 Å². The fourth-order valence-electron chi connectivity index (χ4n) is 4.30. The summed E-state index contributed by atoms with van der Waals surface area (Å²) in [5, 5.41) is 26.2. The lowest BCUT2D eigenvalue weighted by Crippen LogP contribution is -2.12. The average Bonchev–Trinajstić information content (AvgIpc) is 3.06. The normalized spacial score (nSPS) is 15.7. The molecular formula is C23H19ClFNO2S. The maximum atomic E-state index is 13.3. The third-order valence-corrected chi connectivity index (χ3v) is 7.13. The zero-order chi connectivity index (χ0) is 20.1. The highest BCUT2D eigenvalue weighted by molar-refractivity contribution is 7.21. The Hall–Kier alpha value is -2.50. The summed E-state index contributed by atoms with van der Waals surface area (Å²) in [5.74, 6) is 0.0450. The molecule has 0 unspecified atom stereocenters. The molecule has 1 aliphatic heterocycles. The van der Waals surface area contributed by atoms with Crippen LogP contribution in [0, 0.1) is 5.82 Å². The van der Waals surface area contributed by atoms with Gasteiger partial charge in [0.15, 0.2) is 0 Å². The number of aromatic hydroxyl groups is 1. The van der Waals surface area contributed by atoms with Gasteiger partial charge in [-0.15, -0.1) is 11.3 Å². The zero-order valence-electron chi connectivity index (χ0n) is 15.6. The Morgan fingerprint density at radius 3 is 2.52 bits per heavy atom. The molecule has 0 atom stereocenters. The number of benzene rings is 2. The van der Waals surface area contributed by atoms with Crippen LogP contribution in [0.25, 0.3) is 22.5 Å². The SMILES string of the molecule is OC1=C(c2ccc(F)cc2)CNc2sc(Cl)c(-c3ccc4c(c3O)CCCC4)c21. The Labute approximate surface area is 177 Å². The lowest BCUT2D eigenvalue weighted by molar-refractivity contribution is 0.464. The first kappa shape index (κ1) is 18.5. The number of phenolic OH excluding ortho intramolecular Hbond substituents is 1. The van der Waals surface area contributed by atoms with E-state index in [1.807, 2.05) is 6.07 Å². The number of halogens is 2. The van der Waals surface area contributed by atoms with Gasteiger partial charge in [0, 0.05) is 23.2 Å². The lowest BCUT2D eigenvalue weighted by Gasteiger charge is -2.22. The molecule has 3 aromatic rings. The molecule has 148 valence electrons. The van der Waals surface area contributed by atoms with Crippen LogP contribution in [-0.4, -0.2) is 16.8 Å². The minimum Gasteiger partial charge on any atom is -0.507 e. The molecule has 0 fully saturated rings. The van der Waals surface area contributed by atoms with Crippen LogP contribution in [0.4, 0.5) is 9.39 Å². The molecule has 6 heteroatoms. The third-order valence-electron chi connectivity index (χ3n) is 5.78. The fourth-order valence-corrected chi connectivity index (χ4v) is 5.66. The van der Waals surface area contributed by atoms with Crippen LogP contribution in [0.5, 0.6) is 5.75 Å². The number of hydrogen-bond acceptors (Lipinski definition) is 4. The molecule has 29 heavy (non-hydrogen) atoms. The molecule has 0 bridgehead atoms. The predicted octanol–water partition coefficient (Wildman–Crippen LogP) is 6.64. The summed E-state index contributed by atoms with van der Waals surface area (Å²) in [4.78, 5) is 0. The molecule has 0 saturated heterocycles. The number of anilines is 1. The van der Waals surface area contributed by atoms with Crippen molar-refractivity contribution in [3.05, 3.63) is 68.8 Å². The van der Waals surface area contributed by atoms with E-state index in [0.717, 1.165) is 41.8 Å². The van der Waals surface area contributed by atoms with Crippen molar-refractivity contribution in [2.45, 2.75) is 25.7 Å². The van der Waals surface area contributed by atoms with E-state index in [4.69, 9.17) is 11.6 Å². The van der Waals surface area contributed by atoms with Crippen LogP contribution in [0.1, 0.15) is 35.1 Å². The van der Waals surface area contributed by atoms with Crippen LogP contribution in [0.2, 0.25) is 4.34 Å². The van der Waals surface area contributed by atoms with Crippen molar-refractivity contribution in [2.24, 2.45) is 0 Å². The van der Waals surface area contributed by atoms with Crippen molar-refractivity contribution >= 4 is 39.3 Å². The lowest BCUT2D eigenvalue weighted by atomic mass is 9.87. The molecule has 1 aliphatic carbocycles. The van der Waals surface area contributed by atoms with Crippen molar-refractivity contribution < 1.29 is 14.6 Å². The van der Waals surface area contributed by atoms with Gasteiger partial charge in [-0.2, -0.15) is 0 Å². The Bertz CT molecular complexity index is 1150. The molecule has 5 rings (SSSR count). The second-order valence-electron chi connectivity index (χ2n) is 7.45. The smallest absolute Gasteiger partial charge is 0.132 e. The number of nitrogens with one attached hydrogen (secondary N) is 1. The standard InChI is InChI=1S/C23H19ClFNO2S/c24-22-18(16-10-7-12-3-1-2-4-15(12)20(16)27)19-21(28)17(11-26-23(19)29-22)13-5-8-14(25)9-6-13/h5-10,26-28H,1-4,11H2. The van der Waals surface area contributed by atoms with Crippen molar-refractivity contribution in [2.75, 3.05) is 11.9 Å². The molecule has 0 amide bonds. The number of rotatable bonds is 2. The minimum atomic E-state index is -0.323. The number of aliphatic hydroxyl groups is 1. The fraction of sp³-hybridized carbons (Fsp3) is 0.217. The van der Waals surface area contributed by atoms with E-state index in [0.29, 0.717) is 33.1 Å². The van der Waals surface area contributed by atoms with Gasteiger partial charge in [0.1, 0.15) is 26.7 Å². The predicted molar refractivity (Wildman–Crippen MR) is 117 cm³/mol. The summed E-state index contributed by atoms with van der Waals surface area (Å²) < 4.78 is 13.8. The monoisotopic (exact) mass is 427 g/mol. The number of phenols is 1. The van der Waals surface area contributed by atoms with E-state index < -0.39 is 0 Å². The average molecular weight is 428 g/mol. The molecule has 0 spiro atoms. The first-order valence-corrected chi connectivity index (χ1v) is 10.8. The maximum absolute atomic E-state index is 13.3. The molecule has 1 aromatic heterocycles. The van der Waals surface area contributed by atoms with Gasteiger partial charge >= 0.3 is 0 Å². The molecule has 2 aromatic carbocycles. The minimum absolute atomic E-state index is 0.112. The van der Waals surface area contributed by atoms with Gasteiger partial charge in [0.25, 0.3) is 0 Å². The highest BCUT2D eigenvalue weighted by atomic mass is 35.5. The first-order chi connectivity index (χ1) is 14.0. The van der Waals surface area contributed by atoms with Crippen molar-refractivity contribution in [3.8, 4) is 16.9 Å². The second-order valence-corrected chi connectivity index (χ2v) is 9.07. The largest absolute Gasteiger partial charge is 0.507 e. The van der Waals surface area contributed by atoms with Gasteiger partial charge in [-0.1, -0.05) is 35.9 Å².